The molecule has 1 aromatic heterocycles. The van der Waals surface area contributed by atoms with Crippen molar-refractivity contribution >= 4 is 5.95 Å². The van der Waals surface area contributed by atoms with Crippen molar-refractivity contribution in [2.45, 2.75) is 13.0 Å². The summed E-state index contributed by atoms with van der Waals surface area (Å²) in [6.07, 6.45) is 3.65. The molecule has 1 fully saturated rings. The minimum Gasteiger partial charge on any atom is -0.377 e. The molecule has 0 aliphatic carbocycles. The zero-order chi connectivity index (χ0) is 10.7. The molecule has 2 N–H and O–H groups in total. The maximum Gasteiger partial charge on any atom is 0.225 e. The van der Waals surface area contributed by atoms with E-state index in [9.17, 15) is 0 Å². The molecule has 2 heterocycles. The van der Waals surface area contributed by atoms with Crippen LogP contribution in [-0.2, 0) is 4.74 Å². The highest BCUT2D eigenvalue weighted by molar-refractivity contribution is 5.32. The second-order valence-corrected chi connectivity index (χ2v) is 3.72. The van der Waals surface area contributed by atoms with Gasteiger partial charge in [0.1, 0.15) is 0 Å². The standard InChI is InChI=1S/C10H16N4O/c1-8-5-12-10(13-6-8)14-2-3-15-7-9(14)4-11/h5-6,9H,2-4,7,11H2,1H3. The second kappa shape index (κ2) is 4.55. The second-order valence-electron chi connectivity index (χ2n) is 3.72. The van der Waals surface area contributed by atoms with Crippen molar-refractivity contribution in [1.82, 2.24) is 9.97 Å². The quantitative estimate of drug-likeness (QED) is 0.738. The molecule has 1 saturated heterocycles. The van der Waals surface area contributed by atoms with Crippen molar-refractivity contribution in [3.8, 4) is 0 Å². The largest absolute Gasteiger partial charge is 0.377 e. The number of rotatable bonds is 2. The molecule has 0 bridgehead atoms. The lowest BCUT2D eigenvalue weighted by molar-refractivity contribution is 0.0954. The van der Waals surface area contributed by atoms with E-state index in [4.69, 9.17) is 10.5 Å². The van der Waals surface area contributed by atoms with E-state index in [2.05, 4.69) is 14.9 Å². The SMILES string of the molecule is Cc1cnc(N2CCOCC2CN)nc1. The molecule has 1 aliphatic rings. The van der Waals surface area contributed by atoms with Crippen molar-refractivity contribution in [3.05, 3.63) is 18.0 Å². The number of ether oxygens (including phenoxy) is 1. The molecule has 0 aromatic carbocycles. The first-order valence-electron chi connectivity index (χ1n) is 5.14. The monoisotopic (exact) mass is 208 g/mol. The van der Waals surface area contributed by atoms with Crippen LogP contribution in [0.2, 0.25) is 0 Å². The zero-order valence-electron chi connectivity index (χ0n) is 8.89. The van der Waals surface area contributed by atoms with Crippen LogP contribution in [0.15, 0.2) is 12.4 Å². The summed E-state index contributed by atoms with van der Waals surface area (Å²) in [7, 11) is 0. The van der Waals surface area contributed by atoms with Crippen molar-refractivity contribution in [2.24, 2.45) is 5.73 Å². The summed E-state index contributed by atoms with van der Waals surface area (Å²) in [4.78, 5) is 10.7. The van der Waals surface area contributed by atoms with Gasteiger partial charge in [0.2, 0.25) is 5.95 Å². The molecule has 0 amide bonds. The molecule has 1 unspecified atom stereocenters. The summed E-state index contributed by atoms with van der Waals surface area (Å²) in [6, 6.07) is 0.196. The number of morpholine rings is 1. The van der Waals surface area contributed by atoms with Gasteiger partial charge in [-0.15, -0.1) is 0 Å². The average molecular weight is 208 g/mol. The van der Waals surface area contributed by atoms with Gasteiger partial charge in [0.15, 0.2) is 0 Å². The Hall–Kier alpha value is -1.20. The summed E-state index contributed by atoms with van der Waals surface area (Å²) in [5, 5.41) is 0. The first-order chi connectivity index (χ1) is 7.31. The van der Waals surface area contributed by atoms with Crippen LogP contribution < -0.4 is 10.6 Å². The van der Waals surface area contributed by atoms with Crippen LogP contribution in [0.25, 0.3) is 0 Å². The predicted molar refractivity (Wildman–Crippen MR) is 57.8 cm³/mol. The Bertz CT molecular complexity index is 314. The summed E-state index contributed by atoms with van der Waals surface area (Å²) < 4.78 is 5.37. The Labute approximate surface area is 89.3 Å². The highest BCUT2D eigenvalue weighted by atomic mass is 16.5. The molecule has 2 rings (SSSR count). The van der Waals surface area contributed by atoms with Gasteiger partial charge < -0.3 is 15.4 Å². The number of aromatic nitrogens is 2. The molecule has 1 atom stereocenters. The van der Waals surface area contributed by atoms with Gasteiger partial charge in [-0.25, -0.2) is 9.97 Å². The fourth-order valence-electron chi connectivity index (χ4n) is 1.65. The van der Waals surface area contributed by atoms with Crippen LogP contribution in [0.3, 0.4) is 0 Å². The Balaban J connectivity index is 2.16. The van der Waals surface area contributed by atoms with E-state index in [-0.39, 0.29) is 6.04 Å². The van der Waals surface area contributed by atoms with Gasteiger partial charge in [-0.3, -0.25) is 0 Å². The zero-order valence-corrected chi connectivity index (χ0v) is 8.89. The molecular weight excluding hydrogens is 192 g/mol. The third-order valence-corrected chi connectivity index (χ3v) is 2.52. The number of hydrogen-bond acceptors (Lipinski definition) is 5. The number of nitrogens with zero attached hydrogens (tertiary/aromatic N) is 3. The van der Waals surface area contributed by atoms with E-state index in [0.29, 0.717) is 19.8 Å². The topological polar surface area (TPSA) is 64.3 Å². The lowest BCUT2D eigenvalue weighted by Gasteiger charge is -2.34. The smallest absolute Gasteiger partial charge is 0.225 e. The van der Waals surface area contributed by atoms with E-state index in [0.717, 1.165) is 18.1 Å². The fourth-order valence-corrected chi connectivity index (χ4v) is 1.65. The number of hydrogen-bond donors (Lipinski definition) is 1. The summed E-state index contributed by atoms with van der Waals surface area (Å²) in [5.74, 6) is 0.749. The third kappa shape index (κ3) is 2.24. The molecule has 0 spiro atoms. The molecule has 1 aromatic rings. The van der Waals surface area contributed by atoms with E-state index >= 15 is 0 Å². The fraction of sp³-hybridized carbons (Fsp3) is 0.600. The van der Waals surface area contributed by atoms with Crippen LogP contribution in [0.5, 0.6) is 0 Å². The van der Waals surface area contributed by atoms with Gasteiger partial charge in [0, 0.05) is 25.5 Å². The minimum atomic E-state index is 0.196. The van der Waals surface area contributed by atoms with Crippen molar-refractivity contribution < 1.29 is 4.74 Å². The highest BCUT2D eigenvalue weighted by Gasteiger charge is 2.23. The minimum absolute atomic E-state index is 0.196. The van der Waals surface area contributed by atoms with E-state index < -0.39 is 0 Å². The maximum atomic E-state index is 5.68. The molecule has 82 valence electrons. The van der Waals surface area contributed by atoms with Crippen molar-refractivity contribution in [2.75, 3.05) is 31.2 Å². The van der Waals surface area contributed by atoms with Crippen LogP contribution in [0.1, 0.15) is 5.56 Å². The van der Waals surface area contributed by atoms with Gasteiger partial charge >= 0.3 is 0 Å². The lowest BCUT2D eigenvalue weighted by Crippen LogP contribution is -2.50. The molecule has 0 radical (unpaired) electrons. The van der Waals surface area contributed by atoms with Gasteiger partial charge in [-0.1, -0.05) is 0 Å². The van der Waals surface area contributed by atoms with E-state index in [1.54, 1.807) is 0 Å². The van der Waals surface area contributed by atoms with Crippen molar-refractivity contribution in [3.63, 3.8) is 0 Å². The highest BCUT2D eigenvalue weighted by Crippen LogP contribution is 2.13. The van der Waals surface area contributed by atoms with E-state index in [1.807, 2.05) is 19.3 Å². The number of aryl methyl sites for hydroxylation is 1. The van der Waals surface area contributed by atoms with Crippen LogP contribution in [0, 0.1) is 6.92 Å². The average Bonchev–Trinajstić information content (AvgIpc) is 2.30. The molecule has 1 aliphatic heterocycles. The van der Waals surface area contributed by atoms with Crippen LogP contribution >= 0.6 is 0 Å². The van der Waals surface area contributed by atoms with Gasteiger partial charge in [0.05, 0.1) is 19.3 Å². The van der Waals surface area contributed by atoms with E-state index in [1.165, 1.54) is 0 Å². The van der Waals surface area contributed by atoms with Gasteiger partial charge in [-0.2, -0.15) is 0 Å². The van der Waals surface area contributed by atoms with Crippen molar-refractivity contribution in [1.29, 1.82) is 0 Å². The first-order valence-corrected chi connectivity index (χ1v) is 5.14. The molecule has 0 saturated carbocycles. The lowest BCUT2D eigenvalue weighted by atomic mass is 10.2. The van der Waals surface area contributed by atoms with Gasteiger partial charge in [0.25, 0.3) is 0 Å². The van der Waals surface area contributed by atoms with Crippen LogP contribution in [-0.4, -0.2) is 42.3 Å². The summed E-state index contributed by atoms with van der Waals surface area (Å²) in [6.45, 7) is 4.73. The summed E-state index contributed by atoms with van der Waals surface area (Å²) >= 11 is 0. The normalized spacial score (nSPS) is 21.7. The Kier molecular flexibility index (Phi) is 3.13. The molecule has 5 nitrogen and oxygen atoms in total. The molecular formula is C10H16N4O. The molecule has 5 heteroatoms. The predicted octanol–water partition coefficient (Wildman–Crippen LogP) is -0.0511. The summed E-state index contributed by atoms with van der Waals surface area (Å²) in [5.41, 5.74) is 6.75. The maximum absolute atomic E-state index is 5.68. The van der Waals surface area contributed by atoms with Gasteiger partial charge in [-0.05, 0) is 12.5 Å². The number of nitrogens with two attached hydrogens (primary N) is 1. The Morgan fingerprint density at radius 2 is 2.27 bits per heavy atom. The third-order valence-electron chi connectivity index (χ3n) is 2.52. The number of anilines is 1. The molecule has 15 heavy (non-hydrogen) atoms. The van der Waals surface area contributed by atoms with Crippen LogP contribution in [0.4, 0.5) is 5.95 Å². The Morgan fingerprint density at radius 3 is 2.93 bits per heavy atom. The Morgan fingerprint density at radius 1 is 1.53 bits per heavy atom. The first kappa shape index (κ1) is 10.3.